The van der Waals surface area contributed by atoms with Gasteiger partial charge in [-0.3, -0.25) is 14.5 Å². The van der Waals surface area contributed by atoms with Crippen LogP contribution >= 0.6 is 0 Å². The molecule has 0 bridgehead atoms. The Morgan fingerprint density at radius 2 is 2.32 bits per heavy atom. The van der Waals surface area contributed by atoms with E-state index in [0.717, 1.165) is 25.9 Å². The van der Waals surface area contributed by atoms with E-state index in [4.69, 9.17) is 0 Å². The summed E-state index contributed by atoms with van der Waals surface area (Å²) in [6.45, 7) is 1.89. The maximum Gasteiger partial charge on any atom is 0.242 e. The Morgan fingerprint density at radius 3 is 3.05 bits per heavy atom. The minimum atomic E-state index is 0.128. The molecule has 0 spiro atoms. The predicted octanol–water partition coefficient (Wildman–Crippen LogP) is 0.800. The summed E-state index contributed by atoms with van der Waals surface area (Å²) >= 11 is 0. The molecule has 7 nitrogen and oxygen atoms in total. The Labute approximate surface area is 129 Å². The number of aromatic nitrogens is 4. The number of carbonyl (C=O) groups excluding carboxylic acids is 1. The lowest BCUT2D eigenvalue weighted by atomic mass is 10.2. The molecule has 1 saturated heterocycles. The average Bonchev–Trinajstić information content (AvgIpc) is 3.20. The first-order chi connectivity index (χ1) is 10.7. The third-order valence-corrected chi connectivity index (χ3v) is 3.97. The van der Waals surface area contributed by atoms with Gasteiger partial charge in [0.25, 0.3) is 0 Å². The normalized spacial score (nSPS) is 17.7. The van der Waals surface area contributed by atoms with Crippen LogP contribution in [0.1, 0.15) is 12.8 Å². The standard InChI is InChI=1S/C15H20N6O/c1-19(14-10-16-6-7-17-14)12-15(22)21-9-2-4-13(21)11-20-8-3-5-18-20/h3,5-8,10,13H,2,4,9,11-12H2,1H3/t13-/m1/s1. The molecule has 0 unspecified atom stereocenters. The van der Waals surface area contributed by atoms with Gasteiger partial charge in [0.05, 0.1) is 25.3 Å². The zero-order valence-corrected chi connectivity index (χ0v) is 12.7. The fraction of sp³-hybridized carbons (Fsp3) is 0.467. The molecule has 1 fully saturated rings. The molecule has 3 heterocycles. The summed E-state index contributed by atoms with van der Waals surface area (Å²) in [4.78, 5) is 24.6. The first-order valence-corrected chi connectivity index (χ1v) is 7.48. The number of hydrogen-bond acceptors (Lipinski definition) is 5. The summed E-state index contributed by atoms with van der Waals surface area (Å²) in [5.41, 5.74) is 0. The average molecular weight is 300 g/mol. The Morgan fingerprint density at radius 1 is 1.41 bits per heavy atom. The summed E-state index contributed by atoms with van der Waals surface area (Å²) in [5.74, 6) is 0.835. The van der Waals surface area contributed by atoms with Gasteiger partial charge in [0, 0.05) is 38.4 Å². The largest absolute Gasteiger partial charge is 0.349 e. The van der Waals surface area contributed by atoms with Crippen molar-refractivity contribution >= 4 is 11.7 Å². The number of carbonyl (C=O) groups is 1. The monoisotopic (exact) mass is 300 g/mol. The summed E-state index contributed by atoms with van der Waals surface area (Å²) in [5, 5.41) is 4.23. The zero-order valence-electron chi connectivity index (χ0n) is 12.7. The SMILES string of the molecule is CN(CC(=O)N1CCC[C@@H]1Cn1cccn1)c1cnccn1. The van der Waals surface area contributed by atoms with E-state index in [-0.39, 0.29) is 11.9 Å². The van der Waals surface area contributed by atoms with Gasteiger partial charge < -0.3 is 9.80 Å². The van der Waals surface area contributed by atoms with Crippen molar-refractivity contribution in [3.05, 3.63) is 37.1 Å². The van der Waals surface area contributed by atoms with E-state index in [1.165, 1.54) is 0 Å². The summed E-state index contributed by atoms with van der Waals surface area (Å²) in [6, 6.07) is 2.13. The Kier molecular flexibility index (Phi) is 4.32. The Hall–Kier alpha value is -2.44. The van der Waals surface area contributed by atoms with E-state index >= 15 is 0 Å². The minimum Gasteiger partial charge on any atom is -0.349 e. The second-order valence-corrected chi connectivity index (χ2v) is 5.53. The second-order valence-electron chi connectivity index (χ2n) is 5.53. The number of rotatable bonds is 5. The van der Waals surface area contributed by atoms with Crippen molar-refractivity contribution in [2.24, 2.45) is 0 Å². The molecule has 0 N–H and O–H groups in total. The number of anilines is 1. The molecule has 1 aliphatic rings. The molecule has 1 aliphatic heterocycles. The molecule has 7 heteroatoms. The van der Waals surface area contributed by atoms with Crippen molar-refractivity contribution in [2.75, 3.05) is 25.0 Å². The van der Waals surface area contributed by atoms with Gasteiger partial charge in [0.15, 0.2) is 0 Å². The first-order valence-electron chi connectivity index (χ1n) is 7.48. The van der Waals surface area contributed by atoms with Gasteiger partial charge >= 0.3 is 0 Å². The number of amides is 1. The maximum absolute atomic E-state index is 12.6. The van der Waals surface area contributed by atoms with E-state index in [2.05, 4.69) is 15.1 Å². The predicted molar refractivity (Wildman–Crippen MR) is 82.3 cm³/mol. The molecule has 3 rings (SSSR count). The van der Waals surface area contributed by atoms with Crippen LogP contribution in [0.25, 0.3) is 0 Å². The lowest BCUT2D eigenvalue weighted by Crippen LogP contribution is -2.43. The van der Waals surface area contributed by atoms with Crippen LogP contribution in [0.5, 0.6) is 0 Å². The highest BCUT2D eigenvalue weighted by atomic mass is 16.2. The smallest absolute Gasteiger partial charge is 0.242 e. The zero-order chi connectivity index (χ0) is 15.4. The lowest BCUT2D eigenvalue weighted by Gasteiger charge is -2.27. The molecular formula is C15H20N6O. The topological polar surface area (TPSA) is 67.2 Å². The Bertz CT molecular complexity index is 600. The first kappa shape index (κ1) is 14.5. The van der Waals surface area contributed by atoms with Gasteiger partial charge in [-0.05, 0) is 18.9 Å². The van der Waals surface area contributed by atoms with Crippen LogP contribution in [0.15, 0.2) is 37.1 Å². The van der Waals surface area contributed by atoms with Gasteiger partial charge in [0.1, 0.15) is 5.82 Å². The van der Waals surface area contributed by atoms with Gasteiger partial charge in [-0.2, -0.15) is 5.10 Å². The van der Waals surface area contributed by atoms with Crippen molar-refractivity contribution in [1.29, 1.82) is 0 Å². The summed E-state index contributed by atoms with van der Waals surface area (Å²) in [6.07, 6.45) is 10.7. The van der Waals surface area contributed by atoms with Crippen LogP contribution in [0, 0.1) is 0 Å². The molecule has 0 aliphatic carbocycles. The van der Waals surface area contributed by atoms with Crippen LogP contribution in [-0.4, -0.2) is 56.7 Å². The number of likely N-dealkylation sites (N-methyl/N-ethyl adjacent to an activating group) is 1. The van der Waals surface area contributed by atoms with Crippen LogP contribution in [0.4, 0.5) is 5.82 Å². The third kappa shape index (κ3) is 3.24. The summed E-state index contributed by atoms with van der Waals surface area (Å²) in [7, 11) is 1.86. The molecule has 0 radical (unpaired) electrons. The molecule has 0 aromatic carbocycles. The molecule has 2 aromatic heterocycles. The minimum absolute atomic E-state index is 0.128. The van der Waals surface area contributed by atoms with E-state index < -0.39 is 0 Å². The van der Waals surface area contributed by atoms with Gasteiger partial charge in [-0.15, -0.1) is 0 Å². The van der Waals surface area contributed by atoms with Gasteiger partial charge in [0.2, 0.25) is 5.91 Å². The quantitative estimate of drug-likeness (QED) is 0.817. The van der Waals surface area contributed by atoms with Crippen LogP contribution < -0.4 is 4.90 Å². The molecule has 2 aromatic rings. The van der Waals surface area contributed by atoms with Crippen molar-refractivity contribution in [3.63, 3.8) is 0 Å². The van der Waals surface area contributed by atoms with Crippen LogP contribution in [0.3, 0.4) is 0 Å². The highest BCUT2D eigenvalue weighted by Crippen LogP contribution is 2.19. The number of hydrogen-bond donors (Lipinski definition) is 0. The van der Waals surface area contributed by atoms with E-state index in [1.807, 2.05) is 33.8 Å². The second kappa shape index (κ2) is 6.55. The van der Waals surface area contributed by atoms with Crippen LogP contribution in [-0.2, 0) is 11.3 Å². The van der Waals surface area contributed by atoms with Crippen molar-refractivity contribution in [2.45, 2.75) is 25.4 Å². The lowest BCUT2D eigenvalue weighted by molar-refractivity contribution is -0.130. The van der Waals surface area contributed by atoms with Gasteiger partial charge in [-0.25, -0.2) is 4.98 Å². The summed E-state index contributed by atoms with van der Waals surface area (Å²) < 4.78 is 1.89. The van der Waals surface area contributed by atoms with Crippen molar-refractivity contribution in [1.82, 2.24) is 24.6 Å². The Balaban J connectivity index is 1.61. The number of likely N-dealkylation sites (tertiary alicyclic amines) is 1. The third-order valence-electron chi connectivity index (χ3n) is 3.97. The molecule has 22 heavy (non-hydrogen) atoms. The molecule has 116 valence electrons. The molecular weight excluding hydrogens is 280 g/mol. The van der Waals surface area contributed by atoms with E-state index in [9.17, 15) is 4.79 Å². The van der Waals surface area contributed by atoms with Crippen LogP contribution in [0.2, 0.25) is 0 Å². The van der Waals surface area contributed by atoms with E-state index in [1.54, 1.807) is 24.8 Å². The molecule has 1 amide bonds. The fourth-order valence-electron chi connectivity index (χ4n) is 2.84. The highest BCUT2D eigenvalue weighted by molar-refractivity contribution is 5.81. The van der Waals surface area contributed by atoms with Crippen molar-refractivity contribution < 1.29 is 4.79 Å². The number of nitrogens with zero attached hydrogens (tertiary/aromatic N) is 6. The molecule has 0 saturated carbocycles. The maximum atomic E-state index is 12.6. The van der Waals surface area contributed by atoms with Gasteiger partial charge in [-0.1, -0.05) is 0 Å². The van der Waals surface area contributed by atoms with Crippen molar-refractivity contribution in [3.8, 4) is 0 Å². The fourth-order valence-corrected chi connectivity index (χ4v) is 2.84. The van der Waals surface area contributed by atoms with E-state index in [0.29, 0.717) is 12.4 Å². The highest BCUT2D eigenvalue weighted by Gasteiger charge is 2.29. The molecule has 1 atom stereocenters.